The van der Waals surface area contributed by atoms with Gasteiger partial charge in [-0.25, -0.2) is 0 Å². The van der Waals surface area contributed by atoms with E-state index in [4.69, 9.17) is 0 Å². The zero-order valence-corrected chi connectivity index (χ0v) is 10.6. The molecule has 0 amide bonds. The van der Waals surface area contributed by atoms with Crippen LogP contribution in [-0.2, 0) is 6.42 Å². The van der Waals surface area contributed by atoms with Crippen LogP contribution in [0.2, 0.25) is 0 Å². The van der Waals surface area contributed by atoms with Gasteiger partial charge in [0.1, 0.15) is 0 Å². The molecule has 1 heteroatoms. The van der Waals surface area contributed by atoms with E-state index in [2.05, 4.69) is 72.6 Å². The molecule has 0 spiro atoms. The normalized spacial score (nSPS) is 14.7. The number of hydrogen-bond donors (Lipinski definition) is 0. The highest BCUT2D eigenvalue weighted by Gasteiger charge is 2.13. The molecular formula is C17H17N. The lowest BCUT2D eigenvalue weighted by molar-refractivity contribution is 0.489. The monoisotopic (exact) mass is 235 g/mol. The molecule has 1 aliphatic rings. The quantitative estimate of drug-likeness (QED) is 0.729. The van der Waals surface area contributed by atoms with Crippen molar-refractivity contribution in [2.24, 2.45) is 0 Å². The standard InChI is InChI=1S/C17H17N/c1-18-12-11-14-7-5-6-10-16(14)13-17(18)15-8-3-2-4-9-15/h2-10,13H,11-12H2,1H3. The van der Waals surface area contributed by atoms with Crippen molar-refractivity contribution in [2.45, 2.75) is 6.42 Å². The molecule has 0 saturated carbocycles. The fourth-order valence-electron chi connectivity index (χ4n) is 2.48. The minimum absolute atomic E-state index is 1.07. The number of nitrogens with zero attached hydrogens (tertiary/aromatic N) is 1. The molecule has 0 bridgehead atoms. The molecule has 0 unspecified atom stereocenters. The van der Waals surface area contributed by atoms with Crippen LogP contribution in [-0.4, -0.2) is 18.5 Å². The molecule has 1 nitrogen and oxygen atoms in total. The Morgan fingerprint density at radius 2 is 1.61 bits per heavy atom. The van der Waals surface area contributed by atoms with Crippen LogP contribution in [0.5, 0.6) is 0 Å². The largest absolute Gasteiger partial charge is 0.374 e. The first-order chi connectivity index (χ1) is 8.84. The summed E-state index contributed by atoms with van der Waals surface area (Å²) < 4.78 is 0. The molecule has 0 atom stereocenters. The molecule has 0 radical (unpaired) electrons. The lowest BCUT2D eigenvalue weighted by Gasteiger charge is -2.21. The molecule has 0 aliphatic carbocycles. The summed E-state index contributed by atoms with van der Waals surface area (Å²) in [5.74, 6) is 0. The molecule has 2 aromatic carbocycles. The first kappa shape index (κ1) is 11.1. The fraction of sp³-hybridized carbons (Fsp3) is 0.176. The summed E-state index contributed by atoms with van der Waals surface area (Å²) in [4.78, 5) is 2.34. The number of likely N-dealkylation sites (N-methyl/N-ethyl adjacent to an activating group) is 1. The summed E-state index contributed by atoms with van der Waals surface area (Å²) in [6, 6.07) is 19.3. The maximum atomic E-state index is 2.34. The number of rotatable bonds is 1. The summed E-state index contributed by atoms with van der Waals surface area (Å²) in [6.07, 6.45) is 3.41. The van der Waals surface area contributed by atoms with E-state index in [0.717, 1.165) is 13.0 Å². The SMILES string of the molecule is CN1CCc2ccccc2C=C1c1ccccc1. The van der Waals surface area contributed by atoms with E-state index in [1.807, 2.05) is 0 Å². The summed E-state index contributed by atoms with van der Waals surface area (Å²) in [5, 5.41) is 0. The van der Waals surface area contributed by atoms with Crippen LogP contribution in [0.15, 0.2) is 54.6 Å². The van der Waals surface area contributed by atoms with Gasteiger partial charge in [0.2, 0.25) is 0 Å². The van der Waals surface area contributed by atoms with Crippen LogP contribution in [0.1, 0.15) is 16.7 Å². The van der Waals surface area contributed by atoms with Crippen LogP contribution < -0.4 is 0 Å². The van der Waals surface area contributed by atoms with Crippen LogP contribution in [0.4, 0.5) is 0 Å². The van der Waals surface area contributed by atoms with Gasteiger partial charge in [0, 0.05) is 19.3 Å². The van der Waals surface area contributed by atoms with E-state index in [0.29, 0.717) is 0 Å². The molecular weight excluding hydrogens is 218 g/mol. The Morgan fingerprint density at radius 1 is 0.889 bits per heavy atom. The number of fused-ring (bicyclic) bond motifs is 1. The average molecular weight is 235 g/mol. The molecule has 1 heterocycles. The van der Waals surface area contributed by atoms with Crippen molar-refractivity contribution >= 4 is 11.8 Å². The third-order valence-electron chi connectivity index (χ3n) is 3.54. The average Bonchev–Trinajstić information content (AvgIpc) is 2.60. The second kappa shape index (κ2) is 4.69. The molecule has 0 fully saturated rings. The van der Waals surface area contributed by atoms with E-state index in [1.54, 1.807) is 0 Å². The van der Waals surface area contributed by atoms with Gasteiger partial charge in [0.15, 0.2) is 0 Å². The van der Waals surface area contributed by atoms with Gasteiger partial charge < -0.3 is 4.90 Å². The smallest absolute Gasteiger partial charge is 0.0443 e. The first-order valence-corrected chi connectivity index (χ1v) is 6.41. The van der Waals surface area contributed by atoms with E-state index >= 15 is 0 Å². The van der Waals surface area contributed by atoms with Gasteiger partial charge in [0.05, 0.1) is 0 Å². The molecule has 0 N–H and O–H groups in total. The van der Waals surface area contributed by atoms with E-state index < -0.39 is 0 Å². The highest BCUT2D eigenvalue weighted by atomic mass is 15.1. The van der Waals surface area contributed by atoms with Crippen molar-refractivity contribution in [1.29, 1.82) is 0 Å². The Morgan fingerprint density at radius 3 is 2.44 bits per heavy atom. The maximum Gasteiger partial charge on any atom is 0.0443 e. The predicted octanol–water partition coefficient (Wildman–Crippen LogP) is 3.67. The molecule has 1 aliphatic heterocycles. The molecule has 3 rings (SSSR count). The maximum absolute atomic E-state index is 2.34. The summed E-state index contributed by atoms with van der Waals surface area (Å²) >= 11 is 0. The van der Waals surface area contributed by atoms with Crippen LogP contribution in [0, 0.1) is 0 Å². The zero-order valence-electron chi connectivity index (χ0n) is 10.6. The Balaban J connectivity index is 2.10. The van der Waals surface area contributed by atoms with Crippen molar-refractivity contribution in [3.8, 4) is 0 Å². The van der Waals surface area contributed by atoms with Crippen molar-refractivity contribution in [2.75, 3.05) is 13.6 Å². The highest BCUT2D eigenvalue weighted by Crippen LogP contribution is 2.26. The Kier molecular flexibility index (Phi) is 2.89. The topological polar surface area (TPSA) is 3.24 Å². The minimum atomic E-state index is 1.07. The molecule has 0 aromatic heterocycles. The number of hydrogen-bond acceptors (Lipinski definition) is 1. The van der Waals surface area contributed by atoms with Gasteiger partial charge in [-0.15, -0.1) is 0 Å². The van der Waals surface area contributed by atoms with Crippen LogP contribution in [0.25, 0.3) is 11.8 Å². The van der Waals surface area contributed by atoms with E-state index in [9.17, 15) is 0 Å². The van der Waals surface area contributed by atoms with E-state index in [-0.39, 0.29) is 0 Å². The van der Waals surface area contributed by atoms with Gasteiger partial charge in [-0.2, -0.15) is 0 Å². The van der Waals surface area contributed by atoms with Gasteiger partial charge >= 0.3 is 0 Å². The predicted molar refractivity (Wildman–Crippen MR) is 77.1 cm³/mol. The van der Waals surface area contributed by atoms with Crippen molar-refractivity contribution in [3.63, 3.8) is 0 Å². The third kappa shape index (κ3) is 2.04. The minimum Gasteiger partial charge on any atom is -0.374 e. The highest BCUT2D eigenvalue weighted by molar-refractivity contribution is 5.81. The Labute approximate surface area is 108 Å². The fourth-order valence-corrected chi connectivity index (χ4v) is 2.48. The third-order valence-corrected chi connectivity index (χ3v) is 3.54. The molecule has 0 saturated heterocycles. The van der Waals surface area contributed by atoms with E-state index in [1.165, 1.54) is 22.4 Å². The summed E-state index contributed by atoms with van der Waals surface area (Å²) in [7, 11) is 2.17. The van der Waals surface area contributed by atoms with Gasteiger partial charge in [-0.05, 0) is 29.2 Å². The Hall–Kier alpha value is -2.02. The number of benzene rings is 2. The van der Waals surface area contributed by atoms with Crippen molar-refractivity contribution < 1.29 is 0 Å². The second-order valence-corrected chi connectivity index (χ2v) is 4.77. The van der Waals surface area contributed by atoms with Crippen molar-refractivity contribution in [3.05, 3.63) is 71.3 Å². The summed E-state index contributed by atoms with van der Waals surface area (Å²) in [6.45, 7) is 1.07. The van der Waals surface area contributed by atoms with Crippen molar-refractivity contribution in [1.82, 2.24) is 4.90 Å². The Bertz CT molecular complexity index is 569. The lowest BCUT2D eigenvalue weighted by Crippen LogP contribution is -2.18. The van der Waals surface area contributed by atoms with Gasteiger partial charge in [0.25, 0.3) is 0 Å². The van der Waals surface area contributed by atoms with Gasteiger partial charge in [-0.3, -0.25) is 0 Å². The van der Waals surface area contributed by atoms with Gasteiger partial charge in [-0.1, -0.05) is 54.6 Å². The summed E-state index contributed by atoms with van der Waals surface area (Å²) in [5.41, 5.74) is 5.38. The molecule has 90 valence electrons. The van der Waals surface area contributed by atoms with Crippen LogP contribution in [0.3, 0.4) is 0 Å². The van der Waals surface area contributed by atoms with Crippen LogP contribution >= 0.6 is 0 Å². The molecule has 18 heavy (non-hydrogen) atoms. The first-order valence-electron chi connectivity index (χ1n) is 6.41. The second-order valence-electron chi connectivity index (χ2n) is 4.77. The zero-order chi connectivity index (χ0) is 12.4. The molecule has 2 aromatic rings. The lowest BCUT2D eigenvalue weighted by atomic mass is 10.0.